The number of methoxy groups -OCH3 is 1. The van der Waals surface area contributed by atoms with Gasteiger partial charge >= 0.3 is 0 Å². The van der Waals surface area contributed by atoms with Gasteiger partial charge in [0.15, 0.2) is 0 Å². The summed E-state index contributed by atoms with van der Waals surface area (Å²) in [5.74, 6) is -0.250. The van der Waals surface area contributed by atoms with Crippen LogP contribution in [-0.4, -0.2) is 67.5 Å². The van der Waals surface area contributed by atoms with Gasteiger partial charge in [0.2, 0.25) is 0 Å². The minimum atomic E-state index is -0.739. The number of rotatable bonds is 9. The van der Waals surface area contributed by atoms with Gasteiger partial charge in [-0.25, -0.2) is 0 Å². The van der Waals surface area contributed by atoms with Gasteiger partial charge in [0, 0.05) is 17.7 Å². The number of aliphatic hydroxyl groups is 1. The Balaban J connectivity index is 2.16. The average Bonchev–Trinajstić information content (AvgIpc) is 3.04. The van der Waals surface area contributed by atoms with E-state index in [9.17, 15) is 14.7 Å². The highest BCUT2D eigenvalue weighted by atomic mass is 16.5. The van der Waals surface area contributed by atoms with Crippen LogP contribution in [0.15, 0.2) is 48.0 Å². The molecule has 33 heavy (non-hydrogen) atoms. The van der Waals surface area contributed by atoms with Gasteiger partial charge in [0.25, 0.3) is 11.7 Å². The van der Waals surface area contributed by atoms with Crippen molar-refractivity contribution < 1.29 is 24.2 Å². The quantitative estimate of drug-likeness (QED) is 0.354. The van der Waals surface area contributed by atoms with E-state index in [4.69, 9.17) is 9.47 Å². The maximum atomic E-state index is 13.2. The predicted molar refractivity (Wildman–Crippen MR) is 128 cm³/mol. The van der Waals surface area contributed by atoms with Crippen molar-refractivity contribution in [2.24, 2.45) is 0 Å². The van der Waals surface area contributed by atoms with E-state index in [0.717, 1.165) is 12.1 Å². The van der Waals surface area contributed by atoms with E-state index >= 15 is 0 Å². The number of hydrogen-bond acceptors (Lipinski definition) is 6. The second kappa shape index (κ2) is 10.5. The van der Waals surface area contributed by atoms with E-state index in [1.807, 2.05) is 57.1 Å². The Hall–Kier alpha value is -3.32. The largest absolute Gasteiger partial charge is 0.507 e. The number of benzene rings is 2. The van der Waals surface area contributed by atoms with Gasteiger partial charge in [0.05, 0.1) is 25.3 Å². The molecule has 1 amide bonds. The highest BCUT2D eigenvalue weighted by Gasteiger charge is 2.46. The van der Waals surface area contributed by atoms with Gasteiger partial charge in [-0.1, -0.05) is 18.2 Å². The van der Waals surface area contributed by atoms with Crippen LogP contribution in [0.4, 0.5) is 0 Å². The number of carbonyl (C=O) groups excluding carboxylic acids is 2. The lowest BCUT2D eigenvalue weighted by Gasteiger charge is -2.27. The molecule has 7 heteroatoms. The van der Waals surface area contributed by atoms with E-state index in [0.29, 0.717) is 42.2 Å². The van der Waals surface area contributed by atoms with Crippen LogP contribution in [0.5, 0.6) is 11.5 Å². The van der Waals surface area contributed by atoms with E-state index in [-0.39, 0.29) is 11.3 Å². The van der Waals surface area contributed by atoms with Crippen molar-refractivity contribution in [1.29, 1.82) is 0 Å². The zero-order chi connectivity index (χ0) is 24.1. The predicted octanol–water partition coefficient (Wildman–Crippen LogP) is 3.78. The van der Waals surface area contributed by atoms with Crippen LogP contribution in [0, 0.1) is 6.92 Å². The molecule has 1 fully saturated rings. The molecular formula is C26H32N2O5. The molecule has 1 heterocycles. The number of Topliss-reactive ketones (excluding diaryl/α,β-unsaturated/α-hetero) is 1. The topological polar surface area (TPSA) is 79.3 Å². The van der Waals surface area contributed by atoms with Crippen molar-refractivity contribution in [3.63, 3.8) is 0 Å². The van der Waals surface area contributed by atoms with Crippen molar-refractivity contribution in [3.05, 3.63) is 64.7 Å². The lowest BCUT2D eigenvalue weighted by Crippen LogP contribution is -2.32. The molecule has 3 rings (SSSR count). The number of ketones is 1. The summed E-state index contributed by atoms with van der Waals surface area (Å²) in [7, 11) is 5.50. The summed E-state index contributed by atoms with van der Waals surface area (Å²) in [6.45, 7) is 5.32. The molecule has 0 bridgehead atoms. The lowest BCUT2D eigenvalue weighted by molar-refractivity contribution is -0.140. The minimum Gasteiger partial charge on any atom is -0.507 e. The SMILES string of the molecule is CCOc1ccccc1[C@@H]1C(=C(O)c2ccc(OC)c(C)c2)C(=O)C(=O)N1CCCN(C)C. The van der Waals surface area contributed by atoms with Crippen molar-refractivity contribution in [3.8, 4) is 11.5 Å². The van der Waals surface area contributed by atoms with E-state index in [1.165, 1.54) is 0 Å². The molecule has 2 aromatic rings. The average molecular weight is 453 g/mol. The third-order valence-electron chi connectivity index (χ3n) is 5.73. The van der Waals surface area contributed by atoms with Gasteiger partial charge < -0.3 is 24.4 Å². The van der Waals surface area contributed by atoms with E-state index in [1.54, 1.807) is 30.2 Å². The third kappa shape index (κ3) is 5.03. The minimum absolute atomic E-state index is 0.0709. The van der Waals surface area contributed by atoms with E-state index < -0.39 is 17.7 Å². The second-order valence-corrected chi connectivity index (χ2v) is 8.30. The molecule has 1 atom stereocenters. The van der Waals surface area contributed by atoms with Crippen LogP contribution in [0.2, 0.25) is 0 Å². The molecule has 1 saturated heterocycles. The smallest absolute Gasteiger partial charge is 0.295 e. The summed E-state index contributed by atoms with van der Waals surface area (Å²) < 4.78 is 11.1. The van der Waals surface area contributed by atoms with Gasteiger partial charge in [-0.3, -0.25) is 9.59 Å². The number of amides is 1. The standard InChI is InChI=1S/C26H32N2O5/c1-6-33-21-11-8-7-10-19(21)23-22(24(29)18-12-13-20(32-5)17(2)16-18)25(30)26(31)28(23)15-9-14-27(3)4/h7-8,10-13,16,23,29H,6,9,14-15H2,1-5H3/t23-/m1/s1. The van der Waals surface area contributed by atoms with Crippen LogP contribution in [0.3, 0.4) is 0 Å². The fourth-order valence-corrected chi connectivity index (χ4v) is 4.17. The first kappa shape index (κ1) is 24.3. The van der Waals surface area contributed by atoms with Crippen LogP contribution in [-0.2, 0) is 9.59 Å². The van der Waals surface area contributed by atoms with E-state index in [2.05, 4.69) is 0 Å². The summed E-state index contributed by atoms with van der Waals surface area (Å²) in [4.78, 5) is 29.9. The Kier molecular flexibility index (Phi) is 7.76. The maximum Gasteiger partial charge on any atom is 0.295 e. The molecule has 0 radical (unpaired) electrons. The lowest BCUT2D eigenvalue weighted by atomic mass is 9.94. The van der Waals surface area contributed by atoms with Crippen molar-refractivity contribution in [2.75, 3.05) is 40.9 Å². The fraction of sp³-hybridized carbons (Fsp3) is 0.385. The Morgan fingerprint density at radius 3 is 2.48 bits per heavy atom. The maximum absolute atomic E-state index is 13.2. The van der Waals surface area contributed by atoms with Crippen LogP contribution >= 0.6 is 0 Å². The molecule has 2 aromatic carbocycles. The zero-order valence-corrected chi connectivity index (χ0v) is 19.9. The fourth-order valence-electron chi connectivity index (χ4n) is 4.17. The second-order valence-electron chi connectivity index (χ2n) is 8.30. The van der Waals surface area contributed by atoms with Crippen molar-refractivity contribution >= 4 is 17.4 Å². The normalized spacial score (nSPS) is 17.6. The first-order chi connectivity index (χ1) is 15.8. The third-order valence-corrected chi connectivity index (χ3v) is 5.73. The number of aliphatic hydroxyl groups excluding tert-OH is 1. The van der Waals surface area contributed by atoms with Gasteiger partial charge in [-0.05, 0) is 70.7 Å². The molecule has 1 aliphatic heterocycles. The molecule has 1 N–H and O–H groups in total. The Morgan fingerprint density at radius 2 is 1.85 bits per heavy atom. The molecular weight excluding hydrogens is 420 g/mol. The highest BCUT2D eigenvalue weighted by Crippen LogP contribution is 2.43. The van der Waals surface area contributed by atoms with Gasteiger partial charge in [-0.2, -0.15) is 0 Å². The molecule has 0 saturated carbocycles. The molecule has 176 valence electrons. The number of nitrogens with zero attached hydrogens (tertiary/aromatic N) is 2. The van der Waals surface area contributed by atoms with Crippen LogP contribution in [0.25, 0.3) is 5.76 Å². The summed E-state index contributed by atoms with van der Waals surface area (Å²) >= 11 is 0. The van der Waals surface area contributed by atoms with Crippen LogP contribution < -0.4 is 9.47 Å². The number of carbonyl (C=O) groups is 2. The first-order valence-corrected chi connectivity index (χ1v) is 11.1. The number of para-hydroxylation sites is 1. The molecule has 0 aliphatic carbocycles. The van der Waals surface area contributed by atoms with Gasteiger partial charge in [-0.15, -0.1) is 0 Å². The first-order valence-electron chi connectivity index (χ1n) is 11.1. The summed E-state index contributed by atoms with van der Waals surface area (Å²) in [5.41, 5.74) is 2.02. The summed E-state index contributed by atoms with van der Waals surface area (Å²) in [5, 5.41) is 11.3. The van der Waals surface area contributed by atoms with Gasteiger partial charge in [0.1, 0.15) is 17.3 Å². The number of aryl methyl sites for hydroxylation is 1. The Bertz CT molecular complexity index is 1060. The number of hydrogen-bond donors (Lipinski definition) is 1. The molecule has 7 nitrogen and oxygen atoms in total. The Labute approximate surface area is 195 Å². The van der Waals surface area contributed by atoms with Crippen molar-refractivity contribution in [2.45, 2.75) is 26.3 Å². The zero-order valence-electron chi connectivity index (χ0n) is 19.9. The highest BCUT2D eigenvalue weighted by molar-refractivity contribution is 6.46. The number of likely N-dealkylation sites (tertiary alicyclic amines) is 1. The number of ether oxygens (including phenoxy) is 2. The monoisotopic (exact) mass is 452 g/mol. The summed E-state index contributed by atoms with van der Waals surface area (Å²) in [6.07, 6.45) is 0.689. The summed E-state index contributed by atoms with van der Waals surface area (Å²) in [6, 6.07) is 11.8. The van der Waals surface area contributed by atoms with Crippen LogP contribution in [0.1, 0.15) is 36.1 Å². The Morgan fingerprint density at radius 1 is 1.12 bits per heavy atom. The molecule has 0 aromatic heterocycles. The van der Waals surface area contributed by atoms with Crippen molar-refractivity contribution in [1.82, 2.24) is 9.80 Å². The molecule has 0 spiro atoms. The molecule has 1 aliphatic rings. The molecule has 0 unspecified atom stereocenters.